The maximum absolute atomic E-state index is 15.0. The monoisotopic (exact) mass is 1730 g/mol. The molecule has 2 aliphatic rings. The van der Waals surface area contributed by atoms with Crippen LogP contribution >= 0.6 is 7.82 Å². The van der Waals surface area contributed by atoms with E-state index in [4.69, 9.17) is 37.7 Å². The molecule has 0 aliphatic carbocycles. The van der Waals surface area contributed by atoms with Crippen molar-refractivity contribution in [2.45, 2.75) is 564 Å². The van der Waals surface area contributed by atoms with Crippen molar-refractivity contribution < 1.29 is 101 Å². The maximum Gasteiger partial charge on any atom is 0.470 e. The van der Waals surface area contributed by atoms with Crippen LogP contribution in [0.2, 0.25) is 0 Å². The van der Waals surface area contributed by atoms with Crippen molar-refractivity contribution in [3.63, 3.8) is 0 Å². The molecule has 24 heteroatoms. The average molecular weight is 1730 g/mol. The van der Waals surface area contributed by atoms with Crippen LogP contribution in [0.15, 0.2) is 0 Å². The number of esters is 4. The highest BCUT2D eigenvalue weighted by molar-refractivity contribution is 7.46. The Balaban J connectivity index is 2.56. The third-order valence-corrected chi connectivity index (χ3v) is 24.6. The fraction of sp³-hybridized carbons (Fsp3) is 0.938. The molecule has 0 aromatic rings. The third-order valence-electron chi connectivity index (χ3n) is 24.1. The van der Waals surface area contributed by atoms with Crippen molar-refractivity contribution in [2.24, 2.45) is 0 Å². The van der Waals surface area contributed by atoms with E-state index in [0.29, 0.717) is 51.4 Å². The number of carbonyl (C=O) groups is 6. The molecule has 0 aromatic carbocycles. The number of hydrogen-bond donors (Lipinski definition) is 8. The maximum atomic E-state index is 15.0. The molecular weight excluding hydrogens is 1550 g/mol. The Morgan fingerprint density at radius 1 is 0.333 bits per heavy atom. The number of unbranched alkanes of at least 4 members (excludes halogenated alkanes) is 54. The molecule has 2 aliphatic heterocycles. The van der Waals surface area contributed by atoms with Gasteiger partial charge in [0.2, 0.25) is 11.8 Å². The minimum atomic E-state index is -5.58. The van der Waals surface area contributed by atoms with E-state index < -0.39 is 149 Å². The summed E-state index contributed by atoms with van der Waals surface area (Å²) in [6.45, 7) is 11.4. The molecular formula is C96H181N2O21P. The molecule has 23 nitrogen and oxygen atoms in total. The SMILES string of the molecule is CCCCCCCCCCCCCCCC(=O)O[C@H](CCCCCCCCCCC)CC(=O)N[C@@H]1[C@@H](O)[C@H](O)[C@@H](CO[C@@H]2O[C@H](CO)[C@@H](OP(=O)(O)O)[C@H](OC(=O)C[C@@H](CCCCCCCCCCC)OC(=O)CCCCCCCCCCCCC)[C@H]2NC(=O)C[C@@H](CCCCCCCCCCC)OC(=O)CCCCCCCCCCC)O[C@@H]1O. The molecule has 0 unspecified atom stereocenters. The number of phosphoric acid groups is 1. The minimum Gasteiger partial charge on any atom is -0.462 e. The summed E-state index contributed by atoms with van der Waals surface area (Å²) in [5.74, 6) is -3.84. The van der Waals surface area contributed by atoms with E-state index in [1.165, 1.54) is 173 Å². The molecule has 2 fully saturated rings. The van der Waals surface area contributed by atoms with Crippen molar-refractivity contribution >= 4 is 43.5 Å². The van der Waals surface area contributed by atoms with Gasteiger partial charge in [-0.3, -0.25) is 33.3 Å². The number of aliphatic hydroxyl groups is 4. The van der Waals surface area contributed by atoms with Crippen molar-refractivity contribution in [2.75, 3.05) is 13.2 Å². The summed E-state index contributed by atoms with van der Waals surface area (Å²) in [6.07, 6.45) is 46.8. The topological polar surface area (TPSA) is 339 Å². The molecule has 0 bridgehead atoms. The smallest absolute Gasteiger partial charge is 0.462 e. The van der Waals surface area contributed by atoms with Crippen molar-refractivity contribution in [3.05, 3.63) is 0 Å². The van der Waals surface area contributed by atoms with E-state index >= 15 is 0 Å². The number of rotatable bonds is 84. The number of amides is 2. The van der Waals surface area contributed by atoms with Gasteiger partial charge in [0.25, 0.3) is 0 Å². The Labute approximate surface area is 729 Å². The van der Waals surface area contributed by atoms with Gasteiger partial charge in [0.1, 0.15) is 60.9 Å². The Kier molecular flexibility index (Phi) is 72.2. The number of aliphatic hydroxyl groups excluding tert-OH is 4. The van der Waals surface area contributed by atoms with Crippen LogP contribution in [0, 0.1) is 0 Å². The molecule has 2 saturated heterocycles. The summed E-state index contributed by atoms with van der Waals surface area (Å²) in [5.41, 5.74) is 0. The van der Waals surface area contributed by atoms with Crippen molar-refractivity contribution in [1.29, 1.82) is 0 Å². The quantitative estimate of drug-likeness (QED) is 0.0121. The van der Waals surface area contributed by atoms with Gasteiger partial charge in [-0.15, -0.1) is 0 Å². The van der Waals surface area contributed by atoms with Gasteiger partial charge >= 0.3 is 31.7 Å². The zero-order valence-corrected chi connectivity index (χ0v) is 77.9. The lowest BCUT2D eigenvalue weighted by Gasteiger charge is -2.46. The summed E-state index contributed by atoms with van der Waals surface area (Å²) >= 11 is 0. The first-order valence-electron chi connectivity index (χ1n) is 49.9. The average Bonchev–Trinajstić information content (AvgIpc) is 0.777. The molecule has 120 heavy (non-hydrogen) atoms. The summed E-state index contributed by atoms with van der Waals surface area (Å²) in [7, 11) is -5.58. The van der Waals surface area contributed by atoms with Gasteiger partial charge in [-0.05, 0) is 57.8 Å². The Hall–Kier alpha value is -3.35. The van der Waals surface area contributed by atoms with Crippen molar-refractivity contribution in [1.82, 2.24) is 10.6 Å². The standard InChI is InChI=1S/C96H181N2O21P/c1-7-13-19-25-31-37-39-40-42-48-54-59-65-70-85(102)113-78(67-61-55-49-43-33-27-21-15-9-3)73-83(100)97-89-92(107)91(106)82(116-95(89)108)77-112-96-90(98-84(101)74-79(68-62-56-50-44-34-28-22-16-10-4)114-86(103)71-64-58-52-46-36-30-24-18-12-6)94(93(81(76-99)117-96)119-120(109,110)111)118-88(105)75-80(69-63-57-51-45-35-29-23-17-11-5)115-87(104)72-66-60-53-47-41-38-32-26-20-14-8-2/h78-82,89-96,99,106-108H,7-77H2,1-6H3,(H,97,100)(H,98,101)(H2,109,110,111)/t78-,79-,80-,81-,82-,89-,90-,91-,92-,93-,94-,95+,96-/m1/s1. The number of carbonyl (C=O) groups excluding carboxylic acids is 6. The van der Waals surface area contributed by atoms with Crippen LogP contribution in [-0.4, -0.2) is 159 Å². The molecule has 706 valence electrons. The van der Waals surface area contributed by atoms with Crippen LogP contribution in [0.1, 0.15) is 485 Å². The van der Waals surface area contributed by atoms with Crippen LogP contribution in [0.5, 0.6) is 0 Å². The van der Waals surface area contributed by atoms with E-state index in [2.05, 4.69) is 52.2 Å². The fourth-order valence-corrected chi connectivity index (χ4v) is 17.3. The predicted octanol–water partition coefficient (Wildman–Crippen LogP) is 22.3. The number of phosphoric ester groups is 1. The molecule has 2 rings (SSSR count). The molecule has 0 radical (unpaired) electrons. The van der Waals surface area contributed by atoms with Crippen LogP contribution < -0.4 is 10.6 Å². The van der Waals surface area contributed by atoms with Crippen LogP contribution in [0.25, 0.3) is 0 Å². The van der Waals surface area contributed by atoms with E-state index in [9.17, 15) is 63.5 Å². The number of hydrogen-bond acceptors (Lipinski definition) is 19. The summed E-state index contributed by atoms with van der Waals surface area (Å²) in [6, 6.07) is -3.37. The Bertz CT molecular complexity index is 2510. The first-order chi connectivity index (χ1) is 58.2. The van der Waals surface area contributed by atoms with Gasteiger partial charge in [-0.1, -0.05) is 388 Å². The largest absolute Gasteiger partial charge is 0.470 e. The predicted molar refractivity (Wildman–Crippen MR) is 478 cm³/mol. The number of nitrogens with one attached hydrogen (secondary N) is 2. The fourth-order valence-electron chi connectivity index (χ4n) is 16.7. The summed E-state index contributed by atoms with van der Waals surface area (Å²) < 4.78 is 61.4. The molecule has 2 amide bonds. The highest BCUT2D eigenvalue weighted by atomic mass is 31.2. The zero-order chi connectivity index (χ0) is 87.7. The summed E-state index contributed by atoms with van der Waals surface area (Å²) in [4.78, 5) is 106. The van der Waals surface area contributed by atoms with Crippen molar-refractivity contribution in [3.8, 4) is 0 Å². The van der Waals surface area contributed by atoms with E-state index in [1.54, 1.807) is 0 Å². The lowest BCUT2D eigenvalue weighted by atomic mass is 9.95. The second-order valence-electron chi connectivity index (χ2n) is 35.5. The second-order valence-corrected chi connectivity index (χ2v) is 36.7. The minimum absolute atomic E-state index is 0.124. The van der Waals surface area contributed by atoms with Crippen LogP contribution in [0.4, 0.5) is 0 Å². The Morgan fingerprint density at radius 2 is 0.608 bits per heavy atom. The van der Waals surface area contributed by atoms with E-state index in [0.717, 1.165) is 173 Å². The normalized spacial score (nSPS) is 20.2. The lowest BCUT2D eigenvalue weighted by Crippen LogP contribution is -2.67. The molecule has 0 spiro atoms. The molecule has 0 saturated carbocycles. The van der Waals surface area contributed by atoms with E-state index in [-0.39, 0.29) is 32.1 Å². The first kappa shape index (κ1) is 113. The van der Waals surface area contributed by atoms with Crippen LogP contribution in [0.3, 0.4) is 0 Å². The highest BCUT2D eigenvalue weighted by Crippen LogP contribution is 2.43. The lowest BCUT2D eigenvalue weighted by molar-refractivity contribution is -0.297. The second kappa shape index (κ2) is 76.8. The van der Waals surface area contributed by atoms with Gasteiger partial charge in [-0.25, -0.2) is 4.57 Å². The molecule has 8 N–H and O–H groups in total. The molecule has 2 heterocycles. The summed E-state index contributed by atoms with van der Waals surface area (Å²) in [5, 5.41) is 51.8. The Morgan fingerprint density at radius 3 is 0.900 bits per heavy atom. The third kappa shape index (κ3) is 60.3. The van der Waals surface area contributed by atoms with Gasteiger partial charge in [0, 0.05) is 19.3 Å². The van der Waals surface area contributed by atoms with Gasteiger partial charge in [0.15, 0.2) is 18.7 Å². The highest BCUT2D eigenvalue weighted by Gasteiger charge is 2.53. The van der Waals surface area contributed by atoms with Gasteiger partial charge in [-0.2, -0.15) is 0 Å². The number of ether oxygens (including phenoxy) is 7. The zero-order valence-electron chi connectivity index (χ0n) is 77.0. The molecule has 13 atom stereocenters. The van der Waals surface area contributed by atoms with Crippen LogP contribution in [-0.2, 0) is 71.0 Å². The van der Waals surface area contributed by atoms with Gasteiger partial charge < -0.3 is 74.0 Å². The van der Waals surface area contributed by atoms with Gasteiger partial charge in [0.05, 0.1) is 32.5 Å². The van der Waals surface area contributed by atoms with E-state index in [1.807, 2.05) is 0 Å². The first-order valence-corrected chi connectivity index (χ1v) is 51.4. The molecule has 0 aromatic heterocycles.